The molecule has 0 aromatic rings. The molecule has 1 heterocycles. The molecular weight excluding hydrogens is 174 g/mol. The van der Waals surface area contributed by atoms with Gasteiger partial charge in [0.25, 0.3) is 0 Å². The zero-order chi connectivity index (χ0) is 9.84. The molecule has 0 radical (unpaired) electrons. The maximum Gasteiger partial charge on any atom is 0.408 e. The van der Waals surface area contributed by atoms with Crippen molar-refractivity contribution < 1.29 is 19.4 Å². The van der Waals surface area contributed by atoms with Crippen LogP contribution in [0, 0.1) is 0 Å². The van der Waals surface area contributed by atoms with Crippen LogP contribution in [-0.4, -0.2) is 42.2 Å². The average Bonchev–Trinajstić information content (AvgIpc) is 2.16. The Labute approximate surface area is 74.9 Å². The lowest BCUT2D eigenvalue weighted by Gasteiger charge is -2.23. The number of hydrogen-bond donors (Lipinski definition) is 1. The summed E-state index contributed by atoms with van der Waals surface area (Å²) in [5, 5.41) is 8.66. The molecule has 0 aromatic heterocycles. The molecule has 0 saturated carbocycles. The number of nitrogens with zero attached hydrogens (tertiary/aromatic N) is 1. The molecule has 70 valence electrons. The Hall–Kier alpha value is -1.74. The summed E-state index contributed by atoms with van der Waals surface area (Å²) in [6.07, 6.45) is 0.433. The zero-order valence-corrected chi connectivity index (χ0v) is 7.11. The molecule has 0 fully saturated rings. The third kappa shape index (κ3) is 2.10. The van der Waals surface area contributed by atoms with Gasteiger partial charge in [-0.2, -0.15) is 0 Å². The van der Waals surface area contributed by atoms with Crippen molar-refractivity contribution in [2.45, 2.75) is 0 Å². The van der Waals surface area contributed by atoms with Crippen molar-refractivity contribution in [1.29, 1.82) is 0 Å². The third-order valence-electron chi connectivity index (χ3n) is 1.71. The number of carboxylic acid groups (broad SMARTS) is 1. The van der Waals surface area contributed by atoms with Crippen LogP contribution in [0.4, 0.5) is 4.79 Å². The highest BCUT2D eigenvalue weighted by atomic mass is 16.5. The zero-order valence-electron chi connectivity index (χ0n) is 7.11. The predicted molar refractivity (Wildman–Crippen MR) is 43.9 cm³/mol. The standard InChI is InChI=1S/C8H9NO4/c1-13-7-2-6(5-10)3-9(4-7)8(11)12/h2H,3-4H2,1H3,(H,11,12). The first-order valence-corrected chi connectivity index (χ1v) is 3.63. The number of rotatable bonds is 1. The first-order chi connectivity index (χ1) is 6.17. The predicted octanol–water partition coefficient (Wildman–Crippen LogP) is 0.268. The lowest BCUT2D eigenvalue weighted by Crippen LogP contribution is -2.36. The van der Waals surface area contributed by atoms with Gasteiger partial charge in [-0.25, -0.2) is 9.59 Å². The van der Waals surface area contributed by atoms with Gasteiger partial charge in [-0.15, -0.1) is 0 Å². The Morgan fingerprint density at radius 2 is 2.38 bits per heavy atom. The van der Waals surface area contributed by atoms with Gasteiger partial charge < -0.3 is 9.84 Å². The van der Waals surface area contributed by atoms with Gasteiger partial charge in [-0.1, -0.05) is 0 Å². The summed E-state index contributed by atoms with van der Waals surface area (Å²) >= 11 is 0. The van der Waals surface area contributed by atoms with E-state index < -0.39 is 6.09 Å². The Balaban J connectivity index is 2.87. The van der Waals surface area contributed by atoms with Crippen LogP contribution in [0.2, 0.25) is 0 Å². The molecule has 1 N–H and O–H groups in total. The smallest absolute Gasteiger partial charge is 0.408 e. The largest absolute Gasteiger partial charge is 0.499 e. The van der Waals surface area contributed by atoms with Gasteiger partial charge in [0.05, 0.1) is 25.8 Å². The van der Waals surface area contributed by atoms with Gasteiger partial charge in [0.15, 0.2) is 0 Å². The number of hydrogen-bond acceptors (Lipinski definition) is 3. The monoisotopic (exact) mass is 183 g/mol. The molecule has 1 amide bonds. The minimum absolute atomic E-state index is 0.0751. The van der Waals surface area contributed by atoms with Crippen molar-refractivity contribution in [2.24, 2.45) is 0 Å². The molecule has 0 aliphatic carbocycles. The van der Waals surface area contributed by atoms with Gasteiger partial charge in [-0.05, 0) is 6.08 Å². The molecule has 1 aliphatic rings. The minimum Gasteiger partial charge on any atom is -0.499 e. The van der Waals surface area contributed by atoms with Crippen LogP contribution >= 0.6 is 0 Å². The highest BCUT2D eigenvalue weighted by molar-refractivity contribution is 5.69. The molecule has 5 nitrogen and oxygen atoms in total. The van der Waals surface area contributed by atoms with E-state index >= 15 is 0 Å². The van der Waals surface area contributed by atoms with E-state index in [2.05, 4.69) is 0 Å². The third-order valence-corrected chi connectivity index (χ3v) is 1.71. The van der Waals surface area contributed by atoms with E-state index in [0.29, 0.717) is 5.76 Å². The van der Waals surface area contributed by atoms with Gasteiger partial charge >= 0.3 is 6.09 Å². The molecular formula is C8H9NO4. The summed E-state index contributed by atoms with van der Waals surface area (Å²) in [4.78, 5) is 22.0. The van der Waals surface area contributed by atoms with Crippen molar-refractivity contribution in [3.05, 3.63) is 17.4 Å². The number of carbonyl (C=O) groups excluding carboxylic acids is 1. The number of carbonyl (C=O) groups is 1. The van der Waals surface area contributed by atoms with Crippen LogP contribution in [0.25, 0.3) is 0 Å². The maximum atomic E-state index is 10.6. The van der Waals surface area contributed by atoms with Gasteiger partial charge in [0.1, 0.15) is 11.7 Å². The van der Waals surface area contributed by atoms with Crippen LogP contribution < -0.4 is 0 Å². The lowest BCUT2D eigenvalue weighted by molar-refractivity contribution is 0.140. The Bertz CT molecular complexity index is 301. The van der Waals surface area contributed by atoms with E-state index in [-0.39, 0.29) is 18.7 Å². The minimum atomic E-state index is -1.07. The summed E-state index contributed by atoms with van der Waals surface area (Å²) in [5.41, 5.74) is 0.283. The summed E-state index contributed by atoms with van der Waals surface area (Å²) in [6, 6.07) is 0. The van der Waals surface area contributed by atoms with E-state index in [9.17, 15) is 9.59 Å². The molecule has 13 heavy (non-hydrogen) atoms. The molecule has 0 saturated heterocycles. The fourth-order valence-electron chi connectivity index (χ4n) is 1.06. The summed E-state index contributed by atoms with van der Waals surface area (Å²) in [5.74, 6) is 2.11. The Kier molecular flexibility index (Phi) is 2.72. The van der Waals surface area contributed by atoms with E-state index in [0.717, 1.165) is 4.90 Å². The highest BCUT2D eigenvalue weighted by Crippen LogP contribution is 2.12. The molecule has 0 bridgehead atoms. The number of ether oxygens (including phenoxy) is 1. The molecule has 5 heteroatoms. The van der Waals surface area contributed by atoms with Crippen LogP contribution in [0.1, 0.15) is 0 Å². The van der Waals surface area contributed by atoms with Crippen molar-refractivity contribution in [1.82, 2.24) is 4.90 Å². The van der Waals surface area contributed by atoms with E-state index in [1.54, 1.807) is 5.94 Å². The topological polar surface area (TPSA) is 66.8 Å². The fraction of sp³-hybridized carbons (Fsp3) is 0.375. The van der Waals surface area contributed by atoms with Gasteiger partial charge in [0, 0.05) is 0 Å². The quantitative estimate of drug-likeness (QED) is 0.592. The van der Waals surface area contributed by atoms with Crippen LogP contribution in [0.15, 0.2) is 17.4 Å². The maximum absolute atomic E-state index is 10.6. The normalized spacial score (nSPS) is 16.2. The molecule has 0 atom stereocenters. The Morgan fingerprint density at radius 1 is 1.69 bits per heavy atom. The summed E-state index contributed by atoms with van der Waals surface area (Å²) in [6.45, 7) is 0.253. The molecule has 0 spiro atoms. The van der Waals surface area contributed by atoms with Crippen LogP contribution in [0.3, 0.4) is 0 Å². The second-order valence-corrected chi connectivity index (χ2v) is 2.58. The summed E-state index contributed by atoms with van der Waals surface area (Å²) < 4.78 is 4.86. The van der Waals surface area contributed by atoms with E-state index in [4.69, 9.17) is 9.84 Å². The van der Waals surface area contributed by atoms with Crippen molar-refractivity contribution in [2.75, 3.05) is 20.2 Å². The second kappa shape index (κ2) is 3.78. The second-order valence-electron chi connectivity index (χ2n) is 2.58. The molecule has 1 rings (SSSR count). The first-order valence-electron chi connectivity index (χ1n) is 3.63. The SMILES string of the molecule is COC1=CC(=C=O)CN(C(=O)O)C1. The molecule has 1 aliphatic heterocycles. The van der Waals surface area contributed by atoms with Crippen molar-refractivity contribution in [3.63, 3.8) is 0 Å². The van der Waals surface area contributed by atoms with Gasteiger partial charge in [-0.3, -0.25) is 4.90 Å². The Morgan fingerprint density at radius 3 is 2.85 bits per heavy atom. The first kappa shape index (κ1) is 9.35. The molecule has 0 aromatic carbocycles. The van der Waals surface area contributed by atoms with Crippen molar-refractivity contribution in [3.8, 4) is 0 Å². The molecule has 0 unspecified atom stereocenters. The fourth-order valence-corrected chi connectivity index (χ4v) is 1.06. The van der Waals surface area contributed by atoms with E-state index in [1.807, 2.05) is 0 Å². The van der Waals surface area contributed by atoms with Crippen molar-refractivity contribution >= 4 is 12.0 Å². The lowest BCUT2D eigenvalue weighted by atomic mass is 10.2. The summed E-state index contributed by atoms with van der Waals surface area (Å²) in [7, 11) is 1.43. The van der Waals surface area contributed by atoms with Crippen LogP contribution in [0.5, 0.6) is 0 Å². The van der Waals surface area contributed by atoms with E-state index in [1.165, 1.54) is 13.2 Å². The highest BCUT2D eigenvalue weighted by Gasteiger charge is 2.20. The number of methoxy groups -OCH3 is 1. The van der Waals surface area contributed by atoms with Gasteiger partial charge in [0.2, 0.25) is 0 Å². The number of amides is 1. The van der Waals surface area contributed by atoms with Crippen LogP contribution in [-0.2, 0) is 9.53 Å². The average molecular weight is 183 g/mol.